The second-order valence-corrected chi connectivity index (χ2v) is 5.72. The lowest BCUT2D eigenvalue weighted by molar-refractivity contribution is -0.122. The molecular weight excluding hydrogens is 270 g/mol. The van der Waals surface area contributed by atoms with Gasteiger partial charge in [0.25, 0.3) is 0 Å². The average Bonchev–Trinajstić information content (AvgIpc) is 2.43. The number of anilines is 1. The van der Waals surface area contributed by atoms with E-state index in [1.807, 2.05) is 11.0 Å². The van der Waals surface area contributed by atoms with Crippen LogP contribution in [0.2, 0.25) is 0 Å². The van der Waals surface area contributed by atoms with Gasteiger partial charge in [0, 0.05) is 12.2 Å². The molecule has 0 bridgehead atoms. The number of carbonyl (C=O) groups excluding carboxylic acids is 1. The van der Waals surface area contributed by atoms with E-state index in [1.165, 1.54) is 11.1 Å². The SMILES string of the molecule is Cc1ccc(NC(=S)N2CCCC[C@@H]2C(N)=O)cc1C. The highest BCUT2D eigenvalue weighted by Crippen LogP contribution is 2.20. The number of benzene rings is 1. The minimum atomic E-state index is -0.297. The van der Waals surface area contributed by atoms with Gasteiger partial charge in [0.2, 0.25) is 5.91 Å². The summed E-state index contributed by atoms with van der Waals surface area (Å²) in [6.07, 6.45) is 2.85. The summed E-state index contributed by atoms with van der Waals surface area (Å²) in [5.41, 5.74) is 8.87. The maximum absolute atomic E-state index is 11.5. The molecule has 1 heterocycles. The van der Waals surface area contributed by atoms with Gasteiger partial charge in [-0.1, -0.05) is 6.07 Å². The van der Waals surface area contributed by atoms with Crippen LogP contribution in [0.1, 0.15) is 30.4 Å². The number of aryl methyl sites for hydroxylation is 2. The van der Waals surface area contributed by atoms with Crippen LogP contribution in [0, 0.1) is 13.8 Å². The molecule has 0 radical (unpaired) electrons. The highest BCUT2D eigenvalue weighted by molar-refractivity contribution is 7.80. The number of thiocarbonyl (C=S) groups is 1. The van der Waals surface area contributed by atoms with E-state index in [-0.39, 0.29) is 11.9 Å². The van der Waals surface area contributed by atoms with E-state index in [0.29, 0.717) is 5.11 Å². The monoisotopic (exact) mass is 291 g/mol. The van der Waals surface area contributed by atoms with E-state index < -0.39 is 0 Å². The molecule has 1 fully saturated rings. The Morgan fingerprint density at radius 2 is 2.10 bits per heavy atom. The Labute approximate surface area is 125 Å². The smallest absolute Gasteiger partial charge is 0.240 e. The van der Waals surface area contributed by atoms with E-state index >= 15 is 0 Å². The molecule has 1 aromatic carbocycles. The molecule has 108 valence electrons. The standard InChI is InChI=1S/C15H21N3OS/c1-10-6-7-12(9-11(10)2)17-15(20)18-8-4-3-5-13(18)14(16)19/h6-7,9,13H,3-5,8H2,1-2H3,(H2,16,19)(H,17,20)/t13-/m1/s1. The summed E-state index contributed by atoms with van der Waals surface area (Å²) < 4.78 is 0. The van der Waals surface area contributed by atoms with Crippen LogP contribution in [-0.4, -0.2) is 28.5 Å². The van der Waals surface area contributed by atoms with Crippen molar-refractivity contribution in [3.63, 3.8) is 0 Å². The van der Waals surface area contributed by atoms with Crippen molar-refractivity contribution in [2.45, 2.75) is 39.2 Å². The lowest BCUT2D eigenvalue weighted by Crippen LogP contribution is -2.51. The number of rotatable bonds is 2. The Kier molecular flexibility index (Phi) is 4.60. The van der Waals surface area contributed by atoms with Crippen LogP contribution in [0.15, 0.2) is 18.2 Å². The van der Waals surface area contributed by atoms with Gasteiger partial charge in [-0.2, -0.15) is 0 Å². The molecule has 5 heteroatoms. The molecule has 1 atom stereocenters. The van der Waals surface area contributed by atoms with Gasteiger partial charge in [0.05, 0.1) is 0 Å². The Morgan fingerprint density at radius 1 is 1.35 bits per heavy atom. The minimum Gasteiger partial charge on any atom is -0.368 e. The second-order valence-electron chi connectivity index (χ2n) is 5.34. The molecule has 0 aromatic heterocycles. The van der Waals surface area contributed by atoms with Crippen molar-refractivity contribution in [1.82, 2.24) is 4.90 Å². The van der Waals surface area contributed by atoms with Crippen LogP contribution in [0.3, 0.4) is 0 Å². The van der Waals surface area contributed by atoms with Crippen LogP contribution < -0.4 is 11.1 Å². The first-order valence-corrected chi connectivity index (χ1v) is 7.34. The topological polar surface area (TPSA) is 58.4 Å². The number of hydrogen-bond donors (Lipinski definition) is 2. The molecule has 1 amide bonds. The average molecular weight is 291 g/mol. The predicted molar refractivity (Wildman–Crippen MR) is 85.7 cm³/mol. The van der Waals surface area contributed by atoms with E-state index in [0.717, 1.165) is 31.5 Å². The van der Waals surface area contributed by atoms with Crippen LogP contribution in [0.5, 0.6) is 0 Å². The molecule has 1 aliphatic rings. The molecule has 0 unspecified atom stereocenters. The van der Waals surface area contributed by atoms with E-state index in [2.05, 4.69) is 31.3 Å². The molecule has 0 aliphatic carbocycles. The molecule has 20 heavy (non-hydrogen) atoms. The number of nitrogens with one attached hydrogen (secondary N) is 1. The minimum absolute atomic E-state index is 0.282. The highest BCUT2D eigenvalue weighted by Gasteiger charge is 2.28. The summed E-state index contributed by atoms with van der Waals surface area (Å²) in [5.74, 6) is -0.297. The Balaban J connectivity index is 2.09. The van der Waals surface area contributed by atoms with Crippen molar-refractivity contribution in [1.29, 1.82) is 0 Å². The summed E-state index contributed by atoms with van der Waals surface area (Å²) in [7, 11) is 0. The Hall–Kier alpha value is -1.62. The van der Waals surface area contributed by atoms with Gasteiger partial charge < -0.3 is 16.0 Å². The van der Waals surface area contributed by atoms with Gasteiger partial charge >= 0.3 is 0 Å². The van der Waals surface area contributed by atoms with Gasteiger partial charge in [0.15, 0.2) is 5.11 Å². The number of primary amides is 1. The molecular formula is C15H21N3OS. The molecule has 2 rings (SSSR count). The maximum atomic E-state index is 11.5. The van der Waals surface area contributed by atoms with Crippen molar-refractivity contribution in [3.05, 3.63) is 29.3 Å². The zero-order chi connectivity index (χ0) is 14.7. The molecule has 3 N–H and O–H groups in total. The number of amides is 1. The van der Waals surface area contributed by atoms with Gasteiger partial charge in [-0.3, -0.25) is 4.79 Å². The third kappa shape index (κ3) is 3.28. The van der Waals surface area contributed by atoms with Crippen LogP contribution in [-0.2, 0) is 4.79 Å². The van der Waals surface area contributed by atoms with E-state index in [1.54, 1.807) is 0 Å². The first-order valence-electron chi connectivity index (χ1n) is 6.93. The summed E-state index contributed by atoms with van der Waals surface area (Å²) in [6.45, 7) is 4.92. The fourth-order valence-electron chi connectivity index (χ4n) is 2.48. The lowest BCUT2D eigenvalue weighted by atomic mass is 10.0. The fourth-order valence-corrected chi connectivity index (χ4v) is 2.82. The Morgan fingerprint density at radius 3 is 2.75 bits per heavy atom. The predicted octanol–water partition coefficient (Wildman–Crippen LogP) is 2.34. The van der Waals surface area contributed by atoms with Crippen LogP contribution in [0.25, 0.3) is 0 Å². The van der Waals surface area contributed by atoms with E-state index in [9.17, 15) is 4.79 Å². The lowest BCUT2D eigenvalue weighted by Gasteiger charge is -2.35. The summed E-state index contributed by atoms with van der Waals surface area (Å²) in [6, 6.07) is 5.83. The van der Waals surface area contributed by atoms with E-state index in [4.69, 9.17) is 18.0 Å². The maximum Gasteiger partial charge on any atom is 0.240 e. The zero-order valence-electron chi connectivity index (χ0n) is 12.0. The number of nitrogens with zero attached hydrogens (tertiary/aromatic N) is 1. The number of likely N-dealkylation sites (tertiary alicyclic amines) is 1. The first-order chi connectivity index (χ1) is 9.49. The van der Waals surface area contributed by atoms with Crippen molar-refractivity contribution in [3.8, 4) is 0 Å². The van der Waals surface area contributed by atoms with Crippen LogP contribution in [0.4, 0.5) is 5.69 Å². The van der Waals surface area contributed by atoms with Crippen molar-refractivity contribution < 1.29 is 4.79 Å². The molecule has 0 saturated carbocycles. The number of carbonyl (C=O) groups is 1. The summed E-state index contributed by atoms with van der Waals surface area (Å²) in [5, 5.41) is 3.79. The number of hydrogen-bond acceptors (Lipinski definition) is 2. The molecule has 1 aromatic rings. The molecule has 1 saturated heterocycles. The third-order valence-corrected chi connectivity index (χ3v) is 4.19. The van der Waals surface area contributed by atoms with Gasteiger partial charge in [0.1, 0.15) is 6.04 Å². The van der Waals surface area contributed by atoms with Crippen molar-refractivity contribution in [2.24, 2.45) is 5.73 Å². The summed E-state index contributed by atoms with van der Waals surface area (Å²) in [4.78, 5) is 13.4. The highest BCUT2D eigenvalue weighted by atomic mass is 32.1. The van der Waals surface area contributed by atoms with Gasteiger partial charge in [-0.25, -0.2) is 0 Å². The molecule has 1 aliphatic heterocycles. The van der Waals surface area contributed by atoms with Crippen molar-refractivity contribution in [2.75, 3.05) is 11.9 Å². The molecule has 4 nitrogen and oxygen atoms in total. The van der Waals surface area contributed by atoms with Gasteiger partial charge in [-0.15, -0.1) is 0 Å². The third-order valence-electron chi connectivity index (χ3n) is 3.85. The van der Waals surface area contributed by atoms with Gasteiger partial charge in [-0.05, 0) is 68.6 Å². The number of nitrogens with two attached hydrogens (primary N) is 1. The largest absolute Gasteiger partial charge is 0.368 e. The summed E-state index contributed by atoms with van der Waals surface area (Å²) >= 11 is 5.44. The first kappa shape index (κ1) is 14.8. The molecule has 0 spiro atoms. The fraction of sp³-hybridized carbons (Fsp3) is 0.467. The zero-order valence-corrected chi connectivity index (χ0v) is 12.8. The Bertz CT molecular complexity index is 530. The normalized spacial score (nSPS) is 18.7. The second kappa shape index (κ2) is 6.22. The van der Waals surface area contributed by atoms with Crippen molar-refractivity contribution >= 4 is 28.9 Å². The quantitative estimate of drug-likeness (QED) is 0.821. The number of piperidine rings is 1. The van der Waals surface area contributed by atoms with Crippen LogP contribution >= 0.6 is 12.2 Å².